The molecule has 1 aliphatic carbocycles. The zero-order chi connectivity index (χ0) is 7.90. The highest BCUT2D eigenvalue weighted by Crippen LogP contribution is 2.51. The maximum absolute atomic E-state index is 2.54. The van der Waals surface area contributed by atoms with Crippen LogP contribution in [0.25, 0.3) is 0 Å². The zero-order valence-electron chi connectivity index (χ0n) is 7.15. The third kappa shape index (κ3) is 1.32. The predicted molar refractivity (Wildman–Crippen MR) is 55.7 cm³/mol. The number of rotatable bonds is 1. The van der Waals surface area contributed by atoms with Crippen LogP contribution in [0.5, 0.6) is 0 Å². The first-order chi connectivity index (χ1) is 5.26. The lowest BCUT2D eigenvalue weighted by molar-refractivity contribution is 0.154. The Morgan fingerprint density at radius 1 is 1.55 bits per heavy atom. The van der Waals surface area contributed by atoms with E-state index in [0.29, 0.717) is 0 Å². The largest absolute Gasteiger partial charge is 0.244 e. The maximum atomic E-state index is 2.54. The van der Waals surface area contributed by atoms with Crippen LogP contribution < -0.4 is 0 Å². The van der Waals surface area contributed by atoms with E-state index in [4.69, 9.17) is 0 Å². The van der Waals surface area contributed by atoms with E-state index in [0.717, 1.165) is 11.5 Å². The molecule has 0 N–H and O–H groups in total. The first-order valence-electron chi connectivity index (χ1n) is 4.68. The summed E-state index contributed by atoms with van der Waals surface area (Å²) in [4.78, 5) is 0. The minimum absolute atomic E-state index is 0.780. The topological polar surface area (TPSA) is 3.24 Å². The summed E-state index contributed by atoms with van der Waals surface area (Å²) >= 11 is 2.51. The predicted octanol–water partition coefficient (Wildman–Crippen LogP) is 2.99. The lowest BCUT2D eigenvalue weighted by atomic mass is 9.67. The average molecular weight is 265 g/mol. The molecule has 1 nitrogen and oxygen atoms in total. The second-order valence-electron chi connectivity index (χ2n) is 4.18. The molecule has 2 aliphatic rings. The zero-order valence-corrected chi connectivity index (χ0v) is 9.30. The van der Waals surface area contributed by atoms with Gasteiger partial charge < -0.3 is 0 Å². The molecule has 2 fully saturated rings. The monoisotopic (exact) mass is 265 g/mol. The molecular weight excluding hydrogens is 249 g/mol. The van der Waals surface area contributed by atoms with E-state index in [1.807, 2.05) is 0 Å². The Hall–Kier alpha value is 0.690. The van der Waals surface area contributed by atoms with Gasteiger partial charge in [0.15, 0.2) is 0 Å². The quantitative estimate of drug-likeness (QED) is 0.520. The summed E-state index contributed by atoms with van der Waals surface area (Å²) in [7, 11) is 0. The highest BCUT2D eigenvalue weighted by atomic mass is 127. The molecule has 0 aromatic rings. The number of nitrogens with zero attached hydrogens (tertiary/aromatic N) is 1. The SMILES string of the molecule is CCC1CC2(CCC2)CN1I. The number of hydrogen-bond acceptors (Lipinski definition) is 1. The molecule has 2 heteroatoms. The van der Waals surface area contributed by atoms with E-state index in [2.05, 4.69) is 32.9 Å². The van der Waals surface area contributed by atoms with Gasteiger partial charge in [-0.1, -0.05) is 13.3 Å². The van der Waals surface area contributed by atoms with Crippen LogP contribution in [0.3, 0.4) is 0 Å². The van der Waals surface area contributed by atoms with Crippen LogP contribution in [0.1, 0.15) is 39.0 Å². The Kier molecular flexibility index (Phi) is 2.17. The Morgan fingerprint density at radius 3 is 2.55 bits per heavy atom. The molecule has 2 rings (SSSR count). The van der Waals surface area contributed by atoms with Crippen LogP contribution in [0, 0.1) is 5.41 Å². The average Bonchev–Trinajstić information content (AvgIpc) is 2.26. The van der Waals surface area contributed by atoms with E-state index < -0.39 is 0 Å². The van der Waals surface area contributed by atoms with Crippen LogP contribution in [-0.2, 0) is 0 Å². The minimum Gasteiger partial charge on any atom is -0.244 e. The summed E-state index contributed by atoms with van der Waals surface area (Å²) in [5, 5.41) is 0. The van der Waals surface area contributed by atoms with Crippen LogP contribution in [0.4, 0.5) is 0 Å². The molecular formula is C9H16IN. The molecule has 1 spiro atoms. The van der Waals surface area contributed by atoms with E-state index in [9.17, 15) is 0 Å². The van der Waals surface area contributed by atoms with Gasteiger partial charge in [0.2, 0.25) is 0 Å². The van der Waals surface area contributed by atoms with Crippen LogP contribution in [0.2, 0.25) is 0 Å². The van der Waals surface area contributed by atoms with E-state index >= 15 is 0 Å². The maximum Gasteiger partial charge on any atom is 0.0204 e. The fraction of sp³-hybridized carbons (Fsp3) is 1.00. The van der Waals surface area contributed by atoms with Crippen molar-refractivity contribution in [1.82, 2.24) is 3.11 Å². The Morgan fingerprint density at radius 2 is 2.27 bits per heavy atom. The summed E-state index contributed by atoms with van der Waals surface area (Å²) in [5.41, 5.74) is 0.780. The van der Waals surface area contributed by atoms with Gasteiger partial charge in [0.25, 0.3) is 0 Å². The fourth-order valence-electron chi connectivity index (χ4n) is 2.49. The van der Waals surface area contributed by atoms with Gasteiger partial charge in [0.1, 0.15) is 0 Å². The third-order valence-electron chi connectivity index (χ3n) is 3.44. The molecule has 1 saturated heterocycles. The van der Waals surface area contributed by atoms with Crippen molar-refractivity contribution in [3.63, 3.8) is 0 Å². The van der Waals surface area contributed by atoms with Crippen molar-refractivity contribution < 1.29 is 0 Å². The molecule has 1 heterocycles. The molecule has 1 aliphatic heterocycles. The first kappa shape index (κ1) is 8.30. The van der Waals surface area contributed by atoms with Crippen molar-refractivity contribution in [2.75, 3.05) is 6.54 Å². The van der Waals surface area contributed by atoms with Gasteiger partial charge in [-0.15, -0.1) is 0 Å². The second-order valence-corrected chi connectivity index (χ2v) is 5.42. The van der Waals surface area contributed by atoms with Gasteiger partial charge in [-0.05, 0) is 31.1 Å². The first-order valence-corrected chi connectivity index (χ1v) is 5.65. The van der Waals surface area contributed by atoms with Gasteiger partial charge in [-0.25, -0.2) is 3.11 Å². The minimum atomic E-state index is 0.780. The van der Waals surface area contributed by atoms with Crippen molar-refractivity contribution in [1.29, 1.82) is 0 Å². The van der Waals surface area contributed by atoms with E-state index in [1.54, 1.807) is 0 Å². The Balaban J connectivity index is 1.99. The second kappa shape index (κ2) is 2.87. The van der Waals surface area contributed by atoms with Gasteiger partial charge in [0.05, 0.1) is 0 Å². The lowest BCUT2D eigenvalue weighted by Crippen LogP contribution is -2.30. The fourth-order valence-corrected chi connectivity index (χ4v) is 3.81. The number of halogens is 1. The molecule has 0 aromatic heterocycles. The van der Waals surface area contributed by atoms with Gasteiger partial charge in [0, 0.05) is 35.5 Å². The van der Waals surface area contributed by atoms with Crippen LogP contribution in [0.15, 0.2) is 0 Å². The van der Waals surface area contributed by atoms with Crippen molar-refractivity contribution in [2.45, 2.75) is 45.1 Å². The van der Waals surface area contributed by atoms with Gasteiger partial charge in [-0.3, -0.25) is 0 Å². The molecule has 0 bridgehead atoms. The normalized spacial score (nSPS) is 36.0. The van der Waals surface area contributed by atoms with Gasteiger partial charge in [-0.2, -0.15) is 0 Å². The molecule has 1 saturated carbocycles. The third-order valence-corrected chi connectivity index (χ3v) is 4.57. The summed E-state index contributed by atoms with van der Waals surface area (Å²) in [6, 6.07) is 0.885. The lowest BCUT2D eigenvalue weighted by Gasteiger charge is -2.37. The molecule has 1 atom stereocenters. The highest BCUT2D eigenvalue weighted by Gasteiger charge is 2.46. The standard InChI is InChI=1S/C9H16IN/c1-2-8-6-9(4-3-5-9)7-11(8)10/h8H,2-7H2,1H3. The molecule has 1 unspecified atom stereocenters. The molecule has 0 amide bonds. The van der Waals surface area contributed by atoms with Crippen LogP contribution >= 0.6 is 22.9 Å². The number of hydrogen-bond donors (Lipinski definition) is 0. The van der Waals surface area contributed by atoms with E-state index in [1.165, 1.54) is 38.6 Å². The van der Waals surface area contributed by atoms with Crippen molar-refractivity contribution >= 4 is 22.9 Å². The summed E-state index contributed by atoms with van der Waals surface area (Å²) < 4.78 is 2.54. The smallest absolute Gasteiger partial charge is 0.0204 e. The summed E-state index contributed by atoms with van der Waals surface area (Å²) in [6.45, 7) is 3.68. The molecule has 11 heavy (non-hydrogen) atoms. The Bertz CT molecular complexity index is 154. The molecule has 0 aromatic carbocycles. The Labute approximate surface area is 83.0 Å². The summed E-state index contributed by atoms with van der Waals surface area (Å²) in [6.07, 6.45) is 7.31. The molecule has 64 valence electrons. The molecule has 0 radical (unpaired) electrons. The summed E-state index contributed by atoms with van der Waals surface area (Å²) in [5.74, 6) is 0. The van der Waals surface area contributed by atoms with Crippen molar-refractivity contribution in [3.05, 3.63) is 0 Å². The van der Waals surface area contributed by atoms with Crippen LogP contribution in [-0.4, -0.2) is 15.7 Å². The highest BCUT2D eigenvalue weighted by molar-refractivity contribution is 14.1. The van der Waals surface area contributed by atoms with E-state index in [-0.39, 0.29) is 0 Å². The van der Waals surface area contributed by atoms with Gasteiger partial charge >= 0.3 is 0 Å². The van der Waals surface area contributed by atoms with Crippen molar-refractivity contribution in [3.8, 4) is 0 Å². The van der Waals surface area contributed by atoms with Crippen molar-refractivity contribution in [2.24, 2.45) is 5.41 Å².